The maximum absolute atomic E-state index is 12.3. The number of ketones is 1. The molecule has 3 aliphatic rings. The summed E-state index contributed by atoms with van der Waals surface area (Å²) in [5.41, 5.74) is 1.19. The normalized spacial score (nSPS) is 40.3. The van der Waals surface area contributed by atoms with E-state index in [1.807, 2.05) is 0 Å². The number of carbonyl (C=O) groups excluding carboxylic acids is 1. The van der Waals surface area contributed by atoms with E-state index in [1.54, 1.807) is 0 Å². The number of unbranched alkanes of at least 4 members (excludes halogenated alkanes) is 2. The summed E-state index contributed by atoms with van der Waals surface area (Å²) in [6, 6.07) is 0. The molecule has 0 saturated heterocycles. The highest BCUT2D eigenvalue weighted by molar-refractivity contribution is 6.00. The van der Waals surface area contributed by atoms with Gasteiger partial charge in [0.05, 0.1) is 0 Å². The van der Waals surface area contributed by atoms with Gasteiger partial charge >= 0.3 is 0 Å². The quantitative estimate of drug-likeness (QED) is 0.657. The average Bonchev–Trinajstić information content (AvgIpc) is 2.93. The van der Waals surface area contributed by atoms with Gasteiger partial charge in [-0.25, -0.2) is 0 Å². The van der Waals surface area contributed by atoms with Crippen LogP contribution in [0.5, 0.6) is 0 Å². The molecule has 2 saturated carbocycles. The van der Waals surface area contributed by atoms with E-state index in [0.717, 1.165) is 18.3 Å². The van der Waals surface area contributed by atoms with Gasteiger partial charge in [0.1, 0.15) is 0 Å². The van der Waals surface area contributed by atoms with E-state index in [-0.39, 0.29) is 0 Å². The molecule has 3 rings (SSSR count). The molecule has 2 bridgehead atoms. The molecule has 88 valence electrons. The topological polar surface area (TPSA) is 17.1 Å². The summed E-state index contributed by atoms with van der Waals surface area (Å²) in [5, 5.41) is 0. The second kappa shape index (κ2) is 4.01. The van der Waals surface area contributed by atoms with Crippen molar-refractivity contribution >= 4 is 5.78 Å². The van der Waals surface area contributed by atoms with Crippen LogP contribution in [0.3, 0.4) is 0 Å². The Bertz CT molecular complexity index is 328. The van der Waals surface area contributed by atoms with Crippen molar-refractivity contribution in [2.45, 2.75) is 51.9 Å². The molecule has 0 amide bonds. The van der Waals surface area contributed by atoms with Gasteiger partial charge in [0, 0.05) is 5.92 Å². The first-order chi connectivity index (χ1) is 7.81. The summed E-state index contributed by atoms with van der Waals surface area (Å²) in [6.07, 6.45) is 11.2. The highest BCUT2D eigenvalue weighted by Crippen LogP contribution is 2.56. The molecule has 2 fully saturated rings. The number of hydrogen-bond donors (Lipinski definition) is 0. The molecular weight excluding hydrogens is 196 g/mol. The van der Waals surface area contributed by atoms with Crippen molar-refractivity contribution in [3.8, 4) is 0 Å². The van der Waals surface area contributed by atoms with E-state index in [0.29, 0.717) is 17.6 Å². The van der Waals surface area contributed by atoms with Crippen molar-refractivity contribution in [1.29, 1.82) is 0 Å². The highest BCUT2D eigenvalue weighted by Gasteiger charge is 2.52. The maximum Gasteiger partial charge on any atom is 0.162 e. The molecule has 1 nitrogen and oxygen atoms in total. The number of rotatable bonds is 4. The second-order valence-electron chi connectivity index (χ2n) is 5.95. The molecule has 3 aliphatic carbocycles. The number of allylic oxidation sites excluding steroid dienone is 2. The number of hydrogen-bond acceptors (Lipinski definition) is 1. The van der Waals surface area contributed by atoms with E-state index in [1.165, 1.54) is 44.1 Å². The minimum atomic E-state index is 0.426. The summed E-state index contributed by atoms with van der Waals surface area (Å²) in [4.78, 5) is 12.3. The Labute approximate surface area is 98.3 Å². The summed E-state index contributed by atoms with van der Waals surface area (Å²) in [6.45, 7) is 2.22. The molecule has 0 aromatic rings. The van der Waals surface area contributed by atoms with E-state index >= 15 is 0 Å². The van der Waals surface area contributed by atoms with Crippen LogP contribution < -0.4 is 0 Å². The summed E-state index contributed by atoms with van der Waals surface area (Å²) < 4.78 is 0. The van der Waals surface area contributed by atoms with Crippen LogP contribution in [0.25, 0.3) is 0 Å². The average molecular weight is 218 g/mol. The van der Waals surface area contributed by atoms with Crippen molar-refractivity contribution in [3.05, 3.63) is 11.6 Å². The van der Waals surface area contributed by atoms with Gasteiger partial charge in [0.25, 0.3) is 0 Å². The second-order valence-corrected chi connectivity index (χ2v) is 5.95. The van der Waals surface area contributed by atoms with Gasteiger partial charge in [-0.1, -0.05) is 25.8 Å². The lowest BCUT2D eigenvalue weighted by Gasteiger charge is -2.22. The van der Waals surface area contributed by atoms with Crippen LogP contribution in [-0.4, -0.2) is 5.78 Å². The molecule has 0 aliphatic heterocycles. The standard InChI is InChI=1S/C15H22O/c1-2-3-4-5-12-9-13-10-6-7-11(8-10)14(13)15(12)16/h9-11,13-14H,2-8H2,1H3/t10-,11+,13+,14-/m1/s1. The fourth-order valence-electron chi connectivity index (χ4n) is 4.27. The van der Waals surface area contributed by atoms with Gasteiger partial charge in [-0.15, -0.1) is 0 Å². The van der Waals surface area contributed by atoms with Gasteiger partial charge in [-0.05, 0) is 55.4 Å². The van der Waals surface area contributed by atoms with E-state index in [2.05, 4.69) is 13.0 Å². The van der Waals surface area contributed by atoms with Crippen molar-refractivity contribution in [3.63, 3.8) is 0 Å². The van der Waals surface area contributed by atoms with Crippen molar-refractivity contribution in [2.75, 3.05) is 0 Å². The molecule has 16 heavy (non-hydrogen) atoms. The molecule has 0 aromatic carbocycles. The fraction of sp³-hybridized carbons (Fsp3) is 0.800. The Hall–Kier alpha value is -0.590. The third-order valence-corrected chi connectivity index (χ3v) is 5.04. The lowest BCUT2D eigenvalue weighted by molar-refractivity contribution is -0.120. The zero-order valence-corrected chi connectivity index (χ0v) is 10.2. The summed E-state index contributed by atoms with van der Waals surface area (Å²) >= 11 is 0. The van der Waals surface area contributed by atoms with E-state index in [4.69, 9.17) is 0 Å². The van der Waals surface area contributed by atoms with Crippen LogP contribution >= 0.6 is 0 Å². The fourth-order valence-corrected chi connectivity index (χ4v) is 4.27. The lowest BCUT2D eigenvalue weighted by Crippen LogP contribution is -2.23. The number of Topliss-reactive ketones (excluding diaryl/α,β-unsaturated/α-hetero) is 1. The Morgan fingerprint density at radius 3 is 2.81 bits per heavy atom. The Morgan fingerprint density at radius 1 is 1.25 bits per heavy atom. The smallest absolute Gasteiger partial charge is 0.162 e. The van der Waals surface area contributed by atoms with Gasteiger partial charge < -0.3 is 0 Å². The zero-order valence-electron chi connectivity index (χ0n) is 10.2. The Kier molecular flexibility index (Phi) is 2.65. The molecule has 0 aromatic heterocycles. The minimum Gasteiger partial charge on any atom is -0.294 e. The number of fused-ring (bicyclic) bond motifs is 5. The van der Waals surface area contributed by atoms with Gasteiger partial charge in [0.2, 0.25) is 0 Å². The monoisotopic (exact) mass is 218 g/mol. The molecule has 4 atom stereocenters. The molecule has 0 radical (unpaired) electrons. The van der Waals surface area contributed by atoms with Gasteiger partial charge in [0.15, 0.2) is 5.78 Å². The van der Waals surface area contributed by atoms with Crippen LogP contribution in [0, 0.1) is 23.7 Å². The van der Waals surface area contributed by atoms with Crippen LogP contribution in [-0.2, 0) is 4.79 Å². The zero-order chi connectivity index (χ0) is 11.1. The summed E-state index contributed by atoms with van der Waals surface area (Å²) in [5.74, 6) is 3.23. The van der Waals surface area contributed by atoms with Gasteiger partial charge in [-0.2, -0.15) is 0 Å². The molecular formula is C15H22O. The van der Waals surface area contributed by atoms with Crippen molar-refractivity contribution in [1.82, 2.24) is 0 Å². The predicted octanol–water partition coefficient (Wildman–Crippen LogP) is 3.74. The minimum absolute atomic E-state index is 0.426. The first-order valence-corrected chi connectivity index (χ1v) is 7.06. The third-order valence-electron chi connectivity index (χ3n) is 5.04. The maximum atomic E-state index is 12.3. The van der Waals surface area contributed by atoms with Crippen LogP contribution in [0.1, 0.15) is 51.9 Å². The van der Waals surface area contributed by atoms with Crippen LogP contribution in [0.15, 0.2) is 11.6 Å². The Balaban J connectivity index is 1.68. The first-order valence-electron chi connectivity index (χ1n) is 7.06. The molecule has 0 spiro atoms. The van der Waals surface area contributed by atoms with Crippen LogP contribution in [0.4, 0.5) is 0 Å². The SMILES string of the molecule is CCCCCC1=C[C@H]2[C@@H]3CC[C@@H](C3)[C@H]2C1=O. The molecule has 0 unspecified atom stereocenters. The largest absolute Gasteiger partial charge is 0.294 e. The highest BCUT2D eigenvalue weighted by atomic mass is 16.1. The lowest BCUT2D eigenvalue weighted by atomic mass is 9.81. The van der Waals surface area contributed by atoms with Crippen LogP contribution in [0.2, 0.25) is 0 Å². The third kappa shape index (κ3) is 1.48. The molecule has 0 N–H and O–H groups in total. The predicted molar refractivity (Wildman–Crippen MR) is 65.0 cm³/mol. The molecule has 1 heteroatoms. The van der Waals surface area contributed by atoms with E-state index in [9.17, 15) is 4.79 Å². The van der Waals surface area contributed by atoms with Crippen molar-refractivity contribution < 1.29 is 4.79 Å². The first kappa shape index (κ1) is 10.6. The Morgan fingerprint density at radius 2 is 2.06 bits per heavy atom. The number of carbonyl (C=O) groups is 1. The molecule has 0 heterocycles. The summed E-state index contributed by atoms with van der Waals surface area (Å²) in [7, 11) is 0. The van der Waals surface area contributed by atoms with Gasteiger partial charge in [-0.3, -0.25) is 4.79 Å². The van der Waals surface area contributed by atoms with Crippen molar-refractivity contribution in [2.24, 2.45) is 23.7 Å². The van der Waals surface area contributed by atoms with E-state index < -0.39 is 0 Å².